The van der Waals surface area contributed by atoms with E-state index in [0.717, 1.165) is 13.1 Å². The lowest BCUT2D eigenvalue weighted by atomic mass is 9.96. The minimum Gasteiger partial charge on any atom is -0.313 e. The normalized spacial score (nSPS) is 10.6. The Morgan fingerprint density at radius 2 is 1.56 bits per heavy atom. The predicted octanol–water partition coefficient (Wildman–Crippen LogP) is 4.16. The van der Waals surface area contributed by atoms with Crippen LogP contribution in [0.15, 0.2) is 48.5 Å². The van der Waals surface area contributed by atoms with Crippen LogP contribution in [0.3, 0.4) is 0 Å². The van der Waals surface area contributed by atoms with Crippen LogP contribution in [-0.2, 0) is 6.54 Å². The quantitative estimate of drug-likeness (QED) is 0.772. The van der Waals surface area contributed by atoms with Crippen LogP contribution in [0.25, 0.3) is 11.1 Å². The molecule has 94 valence electrons. The monoisotopic (exact) mass is 239 g/mol. The lowest BCUT2D eigenvalue weighted by Crippen LogP contribution is -2.14. The molecule has 0 aliphatic rings. The van der Waals surface area contributed by atoms with E-state index in [1.165, 1.54) is 28.7 Å². The Kier molecular flexibility index (Phi) is 4.54. The second-order valence-electron chi connectivity index (χ2n) is 4.65. The third-order valence-corrected chi connectivity index (χ3v) is 3.19. The van der Waals surface area contributed by atoms with Crippen LogP contribution in [0.2, 0.25) is 0 Å². The smallest absolute Gasteiger partial charge is 0.0211 e. The zero-order valence-corrected chi connectivity index (χ0v) is 11.2. The van der Waals surface area contributed by atoms with Gasteiger partial charge >= 0.3 is 0 Å². The van der Waals surface area contributed by atoms with Crippen LogP contribution < -0.4 is 5.32 Å². The summed E-state index contributed by atoms with van der Waals surface area (Å²) in [6.45, 7) is 6.38. The number of aryl methyl sites for hydroxylation is 1. The first-order chi connectivity index (χ1) is 8.83. The van der Waals surface area contributed by atoms with E-state index in [0.29, 0.717) is 0 Å². The summed E-state index contributed by atoms with van der Waals surface area (Å²) < 4.78 is 0. The van der Waals surface area contributed by atoms with Crippen molar-refractivity contribution in [1.82, 2.24) is 5.32 Å². The molecule has 1 heteroatoms. The summed E-state index contributed by atoms with van der Waals surface area (Å²) in [7, 11) is 0. The lowest BCUT2D eigenvalue weighted by Gasteiger charge is -2.12. The molecule has 0 heterocycles. The Hall–Kier alpha value is -1.60. The van der Waals surface area contributed by atoms with Gasteiger partial charge in [-0.3, -0.25) is 0 Å². The van der Waals surface area contributed by atoms with Gasteiger partial charge in [0.1, 0.15) is 0 Å². The summed E-state index contributed by atoms with van der Waals surface area (Å²) in [5.74, 6) is 0. The summed E-state index contributed by atoms with van der Waals surface area (Å²) in [6.07, 6.45) is 1.17. The summed E-state index contributed by atoms with van der Waals surface area (Å²) in [5.41, 5.74) is 5.39. The van der Waals surface area contributed by atoms with Gasteiger partial charge in [-0.2, -0.15) is 0 Å². The van der Waals surface area contributed by atoms with E-state index < -0.39 is 0 Å². The molecular weight excluding hydrogens is 218 g/mol. The average molecular weight is 239 g/mol. The summed E-state index contributed by atoms with van der Waals surface area (Å²) in [6, 6.07) is 17.2. The van der Waals surface area contributed by atoms with E-state index in [9.17, 15) is 0 Å². The molecule has 1 nitrogen and oxygen atoms in total. The van der Waals surface area contributed by atoms with Crippen LogP contribution in [0.5, 0.6) is 0 Å². The predicted molar refractivity (Wildman–Crippen MR) is 78.6 cm³/mol. The van der Waals surface area contributed by atoms with Gasteiger partial charge in [0.2, 0.25) is 0 Å². The maximum absolute atomic E-state index is 3.48. The standard InChI is InChI=1S/C17H21N/c1-3-12-18-13-15-9-5-7-11-17(15)16-10-6-4-8-14(16)2/h4-11,18H,3,12-13H2,1-2H3. The van der Waals surface area contributed by atoms with Crippen molar-refractivity contribution in [3.05, 3.63) is 59.7 Å². The highest BCUT2D eigenvalue weighted by Gasteiger charge is 2.05. The van der Waals surface area contributed by atoms with Crippen LogP contribution in [0.1, 0.15) is 24.5 Å². The Bertz CT molecular complexity index is 502. The molecule has 0 bridgehead atoms. The zero-order valence-electron chi connectivity index (χ0n) is 11.2. The Morgan fingerprint density at radius 1 is 0.889 bits per heavy atom. The molecular formula is C17H21N. The molecule has 2 rings (SSSR count). The van der Waals surface area contributed by atoms with E-state index in [1.807, 2.05) is 0 Å². The van der Waals surface area contributed by atoms with Crippen LogP contribution in [0, 0.1) is 6.92 Å². The second kappa shape index (κ2) is 6.36. The molecule has 0 fully saturated rings. The molecule has 0 spiro atoms. The van der Waals surface area contributed by atoms with Gasteiger partial charge in [0.05, 0.1) is 0 Å². The number of hydrogen-bond donors (Lipinski definition) is 1. The molecule has 0 amide bonds. The average Bonchev–Trinajstić information content (AvgIpc) is 2.40. The highest BCUT2D eigenvalue weighted by molar-refractivity contribution is 5.70. The van der Waals surface area contributed by atoms with Gasteiger partial charge in [0.25, 0.3) is 0 Å². The lowest BCUT2D eigenvalue weighted by molar-refractivity contribution is 0.676. The number of benzene rings is 2. The molecule has 0 atom stereocenters. The molecule has 1 N–H and O–H groups in total. The van der Waals surface area contributed by atoms with Gasteiger partial charge < -0.3 is 5.32 Å². The highest BCUT2D eigenvalue weighted by Crippen LogP contribution is 2.26. The topological polar surface area (TPSA) is 12.0 Å². The summed E-state index contributed by atoms with van der Waals surface area (Å²) in [5, 5.41) is 3.48. The van der Waals surface area contributed by atoms with Crippen molar-refractivity contribution < 1.29 is 0 Å². The number of hydrogen-bond acceptors (Lipinski definition) is 1. The fraction of sp³-hybridized carbons (Fsp3) is 0.294. The fourth-order valence-electron chi connectivity index (χ4n) is 2.21. The molecule has 0 unspecified atom stereocenters. The van der Waals surface area contributed by atoms with Gasteiger partial charge in [-0.15, -0.1) is 0 Å². The summed E-state index contributed by atoms with van der Waals surface area (Å²) in [4.78, 5) is 0. The molecule has 0 saturated carbocycles. The van der Waals surface area contributed by atoms with E-state index in [4.69, 9.17) is 0 Å². The van der Waals surface area contributed by atoms with Crippen molar-refractivity contribution in [3.8, 4) is 11.1 Å². The van der Waals surface area contributed by atoms with Crippen molar-refractivity contribution in [3.63, 3.8) is 0 Å². The van der Waals surface area contributed by atoms with Crippen LogP contribution >= 0.6 is 0 Å². The number of nitrogens with one attached hydrogen (secondary N) is 1. The SMILES string of the molecule is CCCNCc1ccccc1-c1ccccc1C. The zero-order chi connectivity index (χ0) is 12.8. The van der Waals surface area contributed by atoms with Crippen molar-refractivity contribution in [2.45, 2.75) is 26.8 Å². The van der Waals surface area contributed by atoms with E-state index in [2.05, 4.69) is 67.7 Å². The van der Waals surface area contributed by atoms with Crippen LogP contribution in [-0.4, -0.2) is 6.54 Å². The van der Waals surface area contributed by atoms with E-state index in [1.54, 1.807) is 0 Å². The first-order valence-corrected chi connectivity index (χ1v) is 6.67. The minimum absolute atomic E-state index is 0.943. The van der Waals surface area contributed by atoms with Gasteiger partial charge in [-0.1, -0.05) is 55.5 Å². The Labute approximate surface area is 110 Å². The molecule has 18 heavy (non-hydrogen) atoms. The summed E-state index contributed by atoms with van der Waals surface area (Å²) >= 11 is 0. The molecule has 0 aliphatic carbocycles. The molecule has 0 radical (unpaired) electrons. The number of rotatable bonds is 5. The third-order valence-electron chi connectivity index (χ3n) is 3.19. The van der Waals surface area contributed by atoms with Gasteiger partial charge in [-0.05, 0) is 42.1 Å². The minimum atomic E-state index is 0.943. The molecule has 0 saturated heterocycles. The molecule has 0 aliphatic heterocycles. The van der Waals surface area contributed by atoms with Crippen molar-refractivity contribution in [2.24, 2.45) is 0 Å². The first-order valence-electron chi connectivity index (χ1n) is 6.67. The molecule has 2 aromatic carbocycles. The molecule has 0 aromatic heterocycles. The second-order valence-corrected chi connectivity index (χ2v) is 4.65. The molecule has 2 aromatic rings. The fourth-order valence-corrected chi connectivity index (χ4v) is 2.21. The van der Waals surface area contributed by atoms with Gasteiger partial charge in [-0.25, -0.2) is 0 Å². The van der Waals surface area contributed by atoms with Crippen molar-refractivity contribution >= 4 is 0 Å². The maximum Gasteiger partial charge on any atom is 0.0211 e. The van der Waals surface area contributed by atoms with E-state index >= 15 is 0 Å². The van der Waals surface area contributed by atoms with E-state index in [-0.39, 0.29) is 0 Å². The van der Waals surface area contributed by atoms with Gasteiger partial charge in [0.15, 0.2) is 0 Å². The van der Waals surface area contributed by atoms with Crippen molar-refractivity contribution in [1.29, 1.82) is 0 Å². The van der Waals surface area contributed by atoms with Gasteiger partial charge in [0, 0.05) is 6.54 Å². The highest BCUT2D eigenvalue weighted by atomic mass is 14.8. The Balaban J connectivity index is 2.30. The van der Waals surface area contributed by atoms with Crippen molar-refractivity contribution in [2.75, 3.05) is 6.54 Å². The first kappa shape index (κ1) is 12.8. The Morgan fingerprint density at radius 3 is 2.28 bits per heavy atom. The largest absolute Gasteiger partial charge is 0.313 e. The third kappa shape index (κ3) is 2.99. The maximum atomic E-state index is 3.48. The van der Waals surface area contributed by atoms with Crippen LogP contribution in [0.4, 0.5) is 0 Å².